The molecule has 0 radical (unpaired) electrons. The predicted molar refractivity (Wildman–Crippen MR) is 233 cm³/mol. The largest absolute Gasteiger partial charge is 0.456 e. The third-order valence-electron chi connectivity index (χ3n) is 11.2. The van der Waals surface area contributed by atoms with Crippen LogP contribution in [0.3, 0.4) is 0 Å². The van der Waals surface area contributed by atoms with Crippen molar-refractivity contribution in [1.82, 2.24) is 9.88 Å². The molecule has 3 aromatic heterocycles. The Labute approximate surface area is 326 Å². The number of para-hydroxylation sites is 1. The Hall–Kier alpha value is -7.70. The van der Waals surface area contributed by atoms with E-state index in [-0.39, 0.29) is 6.17 Å². The minimum Gasteiger partial charge on any atom is -0.456 e. The summed E-state index contributed by atoms with van der Waals surface area (Å²) in [5.74, 6) is 1.45. The first-order valence-corrected chi connectivity index (χ1v) is 19.2. The summed E-state index contributed by atoms with van der Waals surface area (Å²) >= 11 is 0. The fraction of sp³-hybridized carbons (Fsp3) is 0.0196. The third-order valence-corrected chi connectivity index (χ3v) is 11.2. The molecule has 0 bridgehead atoms. The van der Waals surface area contributed by atoms with E-state index in [1.807, 2.05) is 60.7 Å². The Balaban J connectivity index is 0.976. The number of nitrogens with one attached hydrogen (secondary N) is 1. The Morgan fingerprint density at radius 1 is 0.421 bits per heavy atom. The molecule has 1 aliphatic heterocycles. The summed E-state index contributed by atoms with van der Waals surface area (Å²) in [5.41, 5.74) is 11.9. The first-order chi connectivity index (χ1) is 28.2. The topological polar surface area (TPSA) is 68.0 Å². The number of aromatic nitrogens is 1. The zero-order valence-corrected chi connectivity index (χ0v) is 30.6. The third kappa shape index (κ3) is 5.11. The van der Waals surface area contributed by atoms with Crippen LogP contribution in [0.2, 0.25) is 0 Å². The molecule has 0 aliphatic carbocycles. The fourth-order valence-corrected chi connectivity index (χ4v) is 8.50. The molecule has 0 saturated heterocycles. The van der Waals surface area contributed by atoms with Crippen molar-refractivity contribution in [3.05, 3.63) is 199 Å². The van der Waals surface area contributed by atoms with Gasteiger partial charge < -0.3 is 18.7 Å². The number of amidine groups is 2. The summed E-state index contributed by atoms with van der Waals surface area (Å²) < 4.78 is 15.4. The van der Waals surface area contributed by atoms with Gasteiger partial charge in [-0.1, -0.05) is 121 Å². The molecule has 12 rings (SSSR count). The van der Waals surface area contributed by atoms with Crippen LogP contribution >= 0.6 is 0 Å². The van der Waals surface area contributed by atoms with Crippen LogP contribution in [0.25, 0.3) is 82.5 Å². The van der Waals surface area contributed by atoms with E-state index in [4.69, 9.17) is 18.8 Å². The van der Waals surface area contributed by atoms with E-state index in [1.54, 1.807) is 0 Å². The van der Waals surface area contributed by atoms with Crippen molar-refractivity contribution >= 4 is 77.4 Å². The Morgan fingerprint density at radius 3 is 1.88 bits per heavy atom. The highest BCUT2D eigenvalue weighted by atomic mass is 16.3. The van der Waals surface area contributed by atoms with Crippen molar-refractivity contribution in [2.45, 2.75) is 6.17 Å². The zero-order chi connectivity index (χ0) is 37.5. The fourth-order valence-electron chi connectivity index (χ4n) is 8.50. The maximum atomic E-state index is 6.62. The van der Waals surface area contributed by atoms with Crippen molar-refractivity contribution in [3.63, 3.8) is 0 Å². The Morgan fingerprint density at radius 2 is 1.05 bits per heavy atom. The van der Waals surface area contributed by atoms with Gasteiger partial charge >= 0.3 is 0 Å². The molecule has 0 amide bonds. The van der Waals surface area contributed by atoms with Crippen molar-refractivity contribution in [2.24, 2.45) is 9.98 Å². The average molecular weight is 733 g/mol. The second-order valence-electron chi connectivity index (χ2n) is 14.6. The lowest BCUT2D eigenvalue weighted by Crippen LogP contribution is -2.33. The highest BCUT2D eigenvalue weighted by Crippen LogP contribution is 2.40. The Kier molecular flexibility index (Phi) is 6.89. The normalized spacial score (nSPS) is 14.5. The molecular formula is C51H32N4O2. The molecule has 0 saturated carbocycles. The van der Waals surface area contributed by atoms with Crippen LogP contribution in [0, 0.1) is 0 Å². The van der Waals surface area contributed by atoms with Crippen molar-refractivity contribution in [3.8, 4) is 16.8 Å². The zero-order valence-electron chi connectivity index (χ0n) is 30.6. The van der Waals surface area contributed by atoms with Gasteiger partial charge in [0.15, 0.2) is 5.84 Å². The molecule has 1 unspecified atom stereocenters. The van der Waals surface area contributed by atoms with E-state index in [1.165, 1.54) is 21.9 Å². The lowest BCUT2D eigenvalue weighted by Gasteiger charge is -2.23. The lowest BCUT2D eigenvalue weighted by atomic mass is 10.0. The van der Waals surface area contributed by atoms with Crippen LogP contribution in [0.1, 0.15) is 22.9 Å². The number of nitrogens with zero attached hydrogens (tertiary/aromatic N) is 3. The summed E-state index contributed by atoms with van der Waals surface area (Å²) in [7, 11) is 0. The summed E-state index contributed by atoms with van der Waals surface area (Å²) in [6, 6.07) is 63.4. The predicted octanol–water partition coefficient (Wildman–Crippen LogP) is 12.7. The minimum absolute atomic E-state index is 0.277. The second kappa shape index (κ2) is 12.4. The Bertz CT molecular complexity index is 3430. The van der Waals surface area contributed by atoms with Crippen molar-refractivity contribution in [1.29, 1.82) is 0 Å². The van der Waals surface area contributed by atoms with Gasteiger partial charge in [-0.2, -0.15) is 0 Å². The highest BCUT2D eigenvalue weighted by Gasteiger charge is 2.23. The molecule has 6 heteroatoms. The van der Waals surface area contributed by atoms with E-state index in [9.17, 15) is 0 Å². The summed E-state index contributed by atoms with van der Waals surface area (Å²) in [6.45, 7) is 0. The number of rotatable bonds is 5. The van der Waals surface area contributed by atoms with E-state index < -0.39 is 0 Å². The van der Waals surface area contributed by atoms with Crippen LogP contribution in [0.5, 0.6) is 0 Å². The minimum atomic E-state index is -0.277. The molecule has 1 N–H and O–H groups in total. The van der Waals surface area contributed by atoms with Crippen LogP contribution < -0.4 is 5.32 Å². The smallest absolute Gasteiger partial charge is 0.159 e. The number of aliphatic imine (C=N–C) groups is 2. The van der Waals surface area contributed by atoms with Gasteiger partial charge in [0.2, 0.25) is 0 Å². The van der Waals surface area contributed by atoms with Gasteiger partial charge in [-0.25, -0.2) is 9.98 Å². The first-order valence-electron chi connectivity index (χ1n) is 19.2. The number of benzene rings is 8. The van der Waals surface area contributed by atoms with E-state index in [2.05, 4.69) is 131 Å². The molecule has 0 fully saturated rings. The molecular weight excluding hydrogens is 701 g/mol. The molecule has 0 spiro atoms. The van der Waals surface area contributed by atoms with Gasteiger partial charge in [0, 0.05) is 61.3 Å². The molecule has 6 nitrogen and oxygen atoms in total. The molecule has 8 aromatic carbocycles. The molecule has 11 aromatic rings. The van der Waals surface area contributed by atoms with Crippen LogP contribution in [-0.4, -0.2) is 16.2 Å². The maximum absolute atomic E-state index is 6.62. The first kappa shape index (κ1) is 31.6. The van der Waals surface area contributed by atoms with Crippen LogP contribution in [0.15, 0.2) is 201 Å². The van der Waals surface area contributed by atoms with E-state index in [0.717, 1.165) is 83.1 Å². The quantitative estimate of drug-likeness (QED) is 0.192. The summed E-state index contributed by atoms with van der Waals surface area (Å²) in [4.78, 5) is 10.1. The van der Waals surface area contributed by atoms with Gasteiger partial charge in [-0.05, 0) is 65.2 Å². The summed E-state index contributed by atoms with van der Waals surface area (Å²) in [6.07, 6.45) is -0.277. The van der Waals surface area contributed by atoms with Crippen LogP contribution in [0.4, 0.5) is 0 Å². The number of hydrogen-bond acceptors (Lipinski definition) is 5. The molecule has 268 valence electrons. The number of fused-ring (bicyclic) bond motifs is 9. The highest BCUT2D eigenvalue weighted by molar-refractivity contribution is 6.18. The monoisotopic (exact) mass is 732 g/mol. The van der Waals surface area contributed by atoms with Gasteiger partial charge in [-0.3, -0.25) is 0 Å². The summed E-state index contributed by atoms with van der Waals surface area (Å²) in [5, 5.41) is 10.2. The van der Waals surface area contributed by atoms with E-state index in [0.29, 0.717) is 5.84 Å². The maximum Gasteiger partial charge on any atom is 0.159 e. The SMILES string of the molecule is c1ccc(C2=NC(c3ccccc3)NC(c3ccc4oc5cc6oc7cc(-n8c9ccccc9c9ccc(-c%10ccccc%10)cc98)ccc7c6cc5c4c3)=N2)cc1. The van der Waals surface area contributed by atoms with Gasteiger partial charge in [0.1, 0.15) is 34.3 Å². The van der Waals surface area contributed by atoms with Gasteiger partial charge in [0.25, 0.3) is 0 Å². The number of hydrogen-bond donors (Lipinski definition) is 1. The van der Waals surface area contributed by atoms with Crippen molar-refractivity contribution < 1.29 is 8.83 Å². The second-order valence-corrected chi connectivity index (χ2v) is 14.6. The van der Waals surface area contributed by atoms with E-state index >= 15 is 0 Å². The molecule has 1 atom stereocenters. The average Bonchev–Trinajstić information content (AvgIpc) is 3.94. The van der Waals surface area contributed by atoms with Gasteiger partial charge in [0.05, 0.1) is 11.0 Å². The van der Waals surface area contributed by atoms with Crippen molar-refractivity contribution in [2.75, 3.05) is 0 Å². The number of furan rings is 2. The standard InChI is InChI=1S/C51H32N4O2/c1-4-12-31(13-5-1)34-20-23-38-37-18-10-11-19-43(37)55(44(38)27-34)36-22-24-39-41-29-42-40-26-35(21-25-45(40)56-48(42)30-47(41)57-46(39)28-36)51-53-49(32-14-6-2-7-15-32)52-50(54-51)33-16-8-3-9-17-33/h1-30,49H,(H,52,53,54). The molecule has 57 heavy (non-hydrogen) atoms. The van der Waals surface area contributed by atoms with Crippen LogP contribution in [-0.2, 0) is 0 Å². The molecule has 1 aliphatic rings. The lowest BCUT2D eigenvalue weighted by molar-refractivity contribution is 0.656. The van der Waals surface area contributed by atoms with Gasteiger partial charge in [-0.15, -0.1) is 0 Å². The molecule has 4 heterocycles.